The second kappa shape index (κ2) is 7.99. The average molecular weight is 393 g/mol. The molecule has 0 unspecified atom stereocenters. The maximum absolute atomic E-state index is 13.0. The van der Waals surface area contributed by atoms with Crippen LogP contribution in [0, 0.1) is 19.3 Å². The number of urea groups is 1. The number of rotatable bonds is 4. The number of ether oxygens (including phenoxy) is 1. The molecule has 0 saturated carbocycles. The highest BCUT2D eigenvalue weighted by Gasteiger charge is 2.37. The van der Waals surface area contributed by atoms with E-state index in [1.165, 1.54) is 0 Å². The Balaban J connectivity index is 1.83. The number of carbonyl (C=O) groups is 2. The Kier molecular flexibility index (Phi) is 5.64. The summed E-state index contributed by atoms with van der Waals surface area (Å²) in [6.07, 6.45) is 1.68. The third-order valence-electron chi connectivity index (χ3n) is 5.00. The van der Waals surface area contributed by atoms with Gasteiger partial charge in [0, 0.05) is 17.9 Å². The largest absolute Gasteiger partial charge is 0.490 e. The molecule has 1 aliphatic heterocycles. The second-order valence-corrected chi connectivity index (χ2v) is 7.94. The van der Waals surface area contributed by atoms with Crippen LogP contribution in [0.1, 0.15) is 25.0 Å². The molecule has 0 aromatic heterocycles. The first-order chi connectivity index (χ1) is 13.7. The molecule has 152 valence electrons. The van der Waals surface area contributed by atoms with Gasteiger partial charge in [-0.1, -0.05) is 12.1 Å². The Morgan fingerprint density at radius 2 is 1.79 bits per heavy atom. The van der Waals surface area contributed by atoms with Crippen LogP contribution in [0.15, 0.2) is 49.1 Å². The molecule has 3 rings (SSSR count). The molecule has 0 bridgehead atoms. The van der Waals surface area contributed by atoms with Gasteiger partial charge in [-0.25, -0.2) is 4.79 Å². The lowest BCUT2D eigenvalue weighted by Crippen LogP contribution is -2.42. The predicted molar refractivity (Wildman–Crippen MR) is 117 cm³/mol. The molecule has 3 amide bonds. The van der Waals surface area contributed by atoms with Crippen molar-refractivity contribution in [1.29, 1.82) is 0 Å². The molecule has 2 aromatic rings. The van der Waals surface area contributed by atoms with Gasteiger partial charge < -0.3 is 20.3 Å². The van der Waals surface area contributed by atoms with E-state index in [0.29, 0.717) is 29.4 Å². The van der Waals surface area contributed by atoms with Crippen molar-refractivity contribution in [2.75, 3.05) is 28.7 Å². The number of carbonyl (C=O) groups excluding carboxylic acids is 2. The first-order valence-electron chi connectivity index (χ1n) is 9.56. The highest BCUT2D eigenvalue weighted by molar-refractivity contribution is 6.02. The van der Waals surface area contributed by atoms with Crippen molar-refractivity contribution in [2.24, 2.45) is 5.41 Å². The Labute approximate surface area is 171 Å². The standard InChI is InChI=1S/C23H27N3O3/c1-6-11-26-19-13-18(9-10-20(19)29-14-23(4,5)21(26)27)25-22(28)24-17-8-7-15(2)16(3)12-17/h6-10,12-13H,1,11,14H2,2-5H3,(H2,24,25,28). The normalized spacial score (nSPS) is 15.0. The van der Waals surface area contributed by atoms with Crippen molar-refractivity contribution in [3.63, 3.8) is 0 Å². The van der Waals surface area contributed by atoms with Crippen molar-refractivity contribution in [2.45, 2.75) is 27.7 Å². The van der Waals surface area contributed by atoms with Crippen LogP contribution >= 0.6 is 0 Å². The van der Waals surface area contributed by atoms with Gasteiger partial charge in [0.1, 0.15) is 12.4 Å². The van der Waals surface area contributed by atoms with Gasteiger partial charge in [0.25, 0.3) is 0 Å². The van der Waals surface area contributed by atoms with Crippen molar-refractivity contribution in [3.8, 4) is 5.75 Å². The Hall–Kier alpha value is -3.28. The first-order valence-corrected chi connectivity index (χ1v) is 9.56. The molecule has 1 heterocycles. The summed E-state index contributed by atoms with van der Waals surface area (Å²) in [5.41, 5.74) is 3.51. The van der Waals surface area contributed by atoms with Crippen molar-refractivity contribution in [3.05, 3.63) is 60.2 Å². The van der Waals surface area contributed by atoms with E-state index in [4.69, 9.17) is 4.74 Å². The van der Waals surface area contributed by atoms with Crippen LogP contribution in [0.2, 0.25) is 0 Å². The number of anilines is 3. The monoisotopic (exact) mass is 393 g/mol. The molecular weight excluding hydrogens is 366 g/mol. The quantitative estimate of drug-likeness (QED) is 0.727. The Morgan fingerprint density at radius 3 is 2.45 bits per heavy atom. The zero-order valence-corrected chi connectivity index (χ0v) is 17.3. The summed E-state index contributed by atoms with van der Waals surface area (Å²) in [5.74, 6) is 0.554. The van der Waals surface area contributed by atoms with Crippen LogP contribution in [0.3, 0.4) is 0 Å². The van der Waals surface area contributed by atoms with E-state index in [9.17, 15) is 9.59 Å². The third kappa shape index (κ3) is 4.42. The van der Waals surface area contributed by atoms with Crippen LogP contribution < -0.4 is 20.3 Å². The van der Waals surface area contributed by atoms with Crippen molar-refractivity contribution >= 4 is 29.0 Å². The van der Waals surface area contributed by atoms with E-state index >= 15 is 0 Å². The summed E-state index contributed by atoms with van der Waals surface area (Å²) in [7, 11) is 0. The summed E-state index contributed by atoms with van der Waals surface area (Å²) in [6.45, 7) is 12.1. The SMILES string of the molecule is C=CCN1C(=O)C(C)(C)COc2ccc(NC(=O)Nc3ccc(C)c(C)c3)cc21. The molecular formula is C23H27N3O3. The van der Waals surface area contributed by atoms with E-state index < -0.39 is 5.41 Å². The van der Waals surface area contributed by atoms with Crippen LogP contribution in [-0.2, 0) is 4.79 Å². The summed E-state index contributed by atoms with van der Waals surface area (Å²) in [4.78, 5) is 27.0. The number of aryl methyl sites for hydroxylation is 2. The maximum atomic E-state index is 13.0. The number of fused-ring (bicyclic) bond motifs is 1. The number of benzene rings is 2. The van der Waals surface area contributed by atoms with E-state index in [1.54, 1.807) is 29.2 Å². The molecule has 6 heteroatoms. The lowest BCUT2D eigenvalue weighted by atomic mass is 9.93. The molecule has 6 nitrogen and oxygen atoms in total. The fourth-order valence-corrected chi connectivity index (χ4v) is 3.15. The van der Waals surface area contributed by atoms with Crippen LogP contribution in [0.4, 0.5) is 21.9 Å². The molecule has 1 aliphatic rings. The molecule has 0 atom stereocenters. The third-order valence-corrected chi connectivity index (χ3v) is 5.00. The summed E-state index contributed by atoms with van der Waals surface area (Å²) in [5, 5.41) is 5.65. The van der Waals surface area contributed by atoms with Gasteiger partial charge in [-0.3, -0.25) is 4.79 Å². The fourth-order valence-electron chi connectivity index (χ4n) is 3.15. The maximum Gasteiger partial charge on any atom is 0.323 e. The molecule has 0 fully saturated rings. The molecule has 0 saturated heterocycles. The Morgan fingerprint density at radius 1 is 1.14 bits per heavy atom. The minimum Gasteiger partial charge on any atom is -0.490 e. The molecule has 0 aliphatic carbocycles. The Bertz CT molecular complexity index is 966. The average Bonchev–Trinajstić information content (AvgIpc) is 2.75. The number of hydrogen-bond acceptors (Lipinski definition) is 3. The smallest absolute Gasteiger partial charge is 0.323 e. The van der Waals surface area contributed by atoms with E-state index in [1.807, 2.05) is 45.9 Å². The van der Waals surface area contributed by atoms with Crippen LogP contribution in [0.25, 0.3) is 0 Å². The van der Waals surface area contributed by atoms with Gasteiger partial charge in [0.2, 0.25) is 5.91 Å². The van der Waals surface area contributed by atoms with E-state index in [2.05, 4.69) is 17.2 Å². The molecule has 29 heavy (non-hydrogen) atoms. The summed E-state index contributed by atoms with van der Waals surface area (Å²) < 4.78 is 5.87. The molecule has 0 radical (unpaired) electrons. The van der Waals surface area contributed by atoms with E-state index in [0.717, 1.165) is 11.1 Å². The van der Waals surface area contributed by atoms with Gasteiger partial charge in [-0.15, -0.1) is 6.58 Å². The molecule has 0 spiro atoms. The first kappa shape index (κ1) is 20.5. The van der Waals surface area contributed by atoms with Gasteiger partial charge in [0.15, 0.2) is 0 Å². The second-order valence-electron chi connectivity index (χ2n) is 7.94. The highest BCUT2D eigenvalue weighted by atomic mass is 16.5. The van der Waals surface area contributed by atoms with Crippen molar-refractivity contribution in [1.82, 2.24) is 0 Å². The lowest BCUT2D eigenvalue weighted by molar-refractivity contribution is -0.127. The number of nitrogens with one attached hydrogen (secondary N) is 2. The minimum atomic E-state index is -0.656. The fraction of sp³-hybridized carbons (Fsp3) is 0.304. The highest BCUT2D eigenvalue weighted by Crippen LogP contribution is 2.38. The lowest BCUT2D eigenvalue weighted by Gasteiger charge is -2.27. The van der Waals surface area contributed by atoms with Gasteiger partial charge in [-0.2, -0.15) is 0 Å². The van der Waals surface area contributed by atoms with Gasteiger partial charge in [-0.05, 0) is 69.2 Å². The topological polar surface area (TPSA) is 70.7 Å². The van der Waals surface area contributed by atoms with Crippen molar-refractivity contribution < 1.29 is 14.3 Å². The van der Waals surface area contributed by atoms with Gasteiger partial charge in [0.05, 0.1) is 11.1 Å². The summed E-state index contributed by atoms with van der Waals surface area (Å²) >= 11 is 0. The summed E-state index contributed by atoms with van der Waals surface area (Å²) in [6, 6.07) is 10.7. The number of hydrogen-bond donors (Lipinski definition) is 2. The van der Waals surface area contributed by atoms with Crippen LogP contribution in [-0.4, -0.2) is 25.1 Å². The number of nitrogens with zero attached hydrogens (tertiary/aromatic N) is 1. The zero-order valence-electron chi connectivity index (χ0n) is 17.3. The number of amides is 3. The van der Waals surface area contributed by atoms with Gasteiger partial charge >= 0.3 is 6.03 Å². The minimum absolute atomic E-state index is 0.0483. The molecule has 2 N–H and O–H groups in total. The van der Waals surface area contributed by atoms with Crippen LogP contribution in [0.5, 0.6) is 5.75 Å². The molecule has 2 aromatic carbocycles. The zero-order chi connectivity index (χ0) is 21.2. The predicted octanol–water partition coefficient (Wildman–Crippen LogP) is 4.89. The van der Waals surface area contributed by atoms with E-state index in [-0.39, 0.29) is 18.5 Å².